The number of hydrogen-bond acceptors (Lipinski definition) is 8. The number of pyridine rings is 2. The second-order valence-corrected chi connectivity index (χ2v) is 7.52. The van der Waals surface area contributed by atoms with Crippen LogP contribution in [0.5, 0.6) is 0 Å². The van der Waals surface area contributed by atoms with Gasteiger partial charge >= 0.3 is 17.9 Å². The second-order valence-electron chi connectivity index (χ2n) is 7.52. The summed E-state index contributed by atoms with van der Waals surface area (Å²) in [6.07, 6.45) is 3.26. The Hall–Kier alpha value is -3.41. The van der Waals surface area contributed by atoms with Crippen molar-refractivity contribution in [2.45, 2.75) is 13.1 Å². The third-order valence-electron chi connectivity index (χ3n) is 4.77. The predicted molar refractivity (Wildman–Crippen MR) is 118 cm³/mol. The average Bonchev–Trinajstić information content (AvgIpc) is 2.75. The molecule has 2 aromatic heterocycles. The summed E-state index contributed by atoms with van der Waals surface area (Å²) in [6.45, 7) is 1.22. The van der Waals surface area contributed by atoms with E-state index in [2.05, 4.69) is 9.97 Å². The van der Waals surface area contributed by atoms with Gasteiger partial charge in [0.25, 0.3) is 0 Å². The van der Waals surface area contributed by atoms with Crippen LogP contribution >= 0.6 is 0 Å². The molecule has 0 saturated carbocycles. The Morgan fingerprint density at radius 3 is 1.30 bits per heavy atom. The molecule has 0 aliphatic heterocycles. The van der Waals surface area contributed by atoms with E-state index in [4.69, 9.17) is 0 Å². The average molecular weight is 460 g/mol. The normalized spacial score (nSPS) is 11.2. The number of rotatable bonds is 16. The fourth-order valence-corrected chi connectivity index (χ4v) is 3.28. The Labute approximate surface area is 191 Å². The molecule has 0 saturated heterocycles. The minimum absolute atomic E-state index is 0.206. The van der Waals surface area contributed by atoms with Crippen molar-refractivity contribution in [1.82, 2.24) is 24.7 Å². The van der Waals surface area contributed by atoms with Crippen LogP contribution in [-0.4, -0.2) is 104 Å². The molecule has 178 valence electrons. The molecule has 2 heterocycles. The maximum atomic E-state index is 11.4. The highest BCUT2D eigenvalue weighted by molar-refractivity contribution is 5.69. The lowest BCUT2D eigenvalue weighted by Gasteiger charge is -2.28. The fraction of sp³-hybridized carbons (Fsp3) is 0.409. The van der Waals surface area contributed by atoms with Gasteiger partial charge in [0, 0.05) is 51.7 Å². The highest BCUT2D eigenvalue weighted by Gasteiger charge is 2.18. The van der Waals surface area contributed by atoms with Gasteiger partial charge in [0.1, 0.15) is 0 Å². The number of carbonyl (C=O) groups is 3. The van der Waals surface area contributed by atoms with Crippen LogP contribution in [0.4, 0.5) is 0 Å². The standard InChI is InChI=1S/C22H29N5O6/c28-20(29)15-25(9-11-26(16-21(30)31)13-18-5-1-3-7-23-18)10-12-27(17-22(32)33)14-19-6-2-4-8-24-19/h1-8H,9-17H2,(H,28,29)(H,30,31)(H,32,33). The Morgan fingerprint density at radius 1 is 0.606 bits per heavy atom. The number of aromatic nitrogens is 2. The first-order valence-corrected chi connectivity index (χ1v) is 10.4. The zero-order valence-electron chi connectivity index (χ0n) is 18.3. The molecule has 3 N–H and O–H groups in total. The lowest BCUT2D eigenvalue weighted by Crippen LogP contribution is -2.43. The lowest BCUT2D eigenvalue weighted by molar-refractivity contribution is -0.140. The molecule has 11 heteroatoms. The maximum absolute atomic E-state index is 11.4. The van der Waals surface area contributed by atoms with E-state index < -0.39 is 17.9 Å². The van der Waals surface area contributed by atoms with E-state index in [0.717, 1.165) is 0 Å². The molecule has 0 unspecified atom stereocenters. The molecule has 0 aromatic carbocycles. The summed E-state index contributed by atoms with van der Waals surface area (Å²) in [4.78, 5) is 47.4. The number of carboxylic acid groups (broad SMARTS) is 3. The molecule has 0 spiro atoms. The highest BCUT2D eigenvalue weighted by atomic mass is 16.4. The van der Waals surface area contributed by atoms with Gasteiger partial charge < -0.3 is 15.3 Å². The fourth-order valence-electron chi connectivity index (χ4n) is 3.28. The van der Waals surface area contributed by atoms with Gasteiger partial charge in [0.2, 0.25) is 0 Å². The number of aliphatic carboxylic acids is 3. The summed E-state index contributed by atoms with van der Waals surface area (Å²) in [5, 5.41) is 27.8. The molecule has 2 rings (SSSR count). The van der Waals surface area contributed by atoms with Gasteiger partial charge in [-0.25, -0.2) is 0 Å². The quantitative estimate of drug-likeness (QED) is 0.319. The molecule has 2 aromatic rings. The first-order chi connectivity index (χ1) is 15.8. The number of hydrogen-bond donors (Lipinski definition) is 3. The highest BCUT2D eigenvalue weighted by Crippen LogP contribution is 2.04. The van der Waals surface area contributed by atoms with Crippen LogP contribution in [0.2, 0.25) is 0 Å². The van der Waals surface area contributed by atoms with Gasteiger partial charge in [-0.2, -0.15) is 0 Å². The van der Waals surface area contributed by atoms with Crippen LogP contribution in [0.15, 0.2) is 48.8 Å². The van der Waals surface area contributed by atoms with E-state index in [-0.39, 0.29) is 19.6 Å². The number of nitrogens with zero attached hydrogens (tertiary/aromatic N) is 5. The minimum atomic E-state index is -1.01. The minimum Gasteiger partial charge on any atom is -0.480 e. The van der Waals surface area contributed by atoms with E-state index in [9.17, 15) is 29.7 Å². The van der Waals surface area contributed by atoms with Crippen LogP contribution < -0.4 is 0 Å². The van der Waals surface area contributed by atoms with Gasteiger partial charge in [-0.1, -0.05) is 12.1 Å². The van der Waals surface area contributed by atoms with Crippen molar-refractivity contribution in [3.63, 3.8) is 0 Å². The van der Waals surface area contributed by atoms with Crippen molar-refractivity contribution in [3.05, 3.63) is 60.2 Å². The molecular formula is C22H29N5O6. The Bertz CT molecular complexity index is 818. The second kappa shape index (κ2) is 13.9. The maximum Gasteiger partial charge on any atom is 0.317 e. The van der Waals surface area contributed by atoms with Crippen LogP contribution in [-0.2, 0) is 27.5 Å². The Kier molecular flexibility index (Phi) is 10.9. The topological polar surface area (TPSA) is 147 Å². The van der Waals surface area contributed by atoms with E-state index in [0.29, 0.717) is 50.7 Å². The third kappa shape index (κ3) is 11.1. The van der Waals surface area contributed by atoms with Crippen molar-refractivity contribution in [3.8, 4) is 0 Å². The van der Waals surface area contributed by atoms with Crippen molar-refractivity contribution in [2.75, 3.05) is 45.8 Å². The molecule has 0 fully saturated rings. The molecule has 0 aliphatic rings. The Morgan fingerprint density at radius 2 is 0.970 bits per heavy atom. The molecule has 33 heavy (non-hydrogen) atoms. The molecule has 0 amide bonds. The van der Waals surface area contributed by atoms with Crippen LogP contribution in [0, 0.1) is 0 Å². The zero-order chi connectivity index (χ0) is 24.1. The summed E-state index contributed by atoms with van der Waals surface area (Å²) >= 11 is 0. The third-order valence-corrected chi connectivity index (χ3v) is 4.77. The summed E-state index contributed by atoms with van der Waals surface area (Å²) in [5.41, 5.74) is 1.43. The van der Waals surface area contributed by atoms with Crippen molar-refractivity contribution >= 4 is 17.9 Å². The van der Waals surface area contributed by atoms with Crippen molar-refractivity contribution in [2.24, 2.45) is 0 Å². The van der Waals surface area contributed by atoms with Crippen molar-refractivity contribution in [1.29, 1.82) is 0 Å². The zero-order valence-corrected chi connectivity index (χ0v) is 18.3. The number of carboxylic acids is 3. The molecule has 0 atom stereocenters. The molecule has 11 nitrogen and oxygen atoms in total. The van der Waals surface area contributed by atoms with Gasteiger partial charge in [0.05, 0.1) is 31.0 Å². The van der Waals surface area contributed by atoms with Gasteiger partial charge in [-0.05, 0) is 24.3 Å². The van der Waals surface area contributed by atoms with Crippen molar-refractivity contribution < 1.29 is 29.7 Å². The largest absolute Gasteiger partial charge is 0.480 e. The monoisotopic (exact) mass is 459 g/mol. The van der Waals surface area contributed by atoms with Crippen LogP contribution in [0.1, 0.15) is 11.4 Å². The van der Waals surface area contributed by atoms with Gasteiger partial charge in [0.15, 0.2) is 0 Å². The van der Waals surface area contributed by atoms with E-state index in [1.165, 1.54) is 0 Å². The molecule has 0 bridgehead atoms. The van der Waals surface area contributed by atoms with E-state index in [1.54, 1.807) is 51.4 Å². The summed E-state index contributed by atoms with van der Waals surface area (Å²) in [6, 6.07) is 10.8. The van der Waals surface area contributed by atoms with E-state index >= 15 is 0 Å². The lowest BCUT2D eigenvalue weighted by atomic mass is 10.3. The Balaban J connectivity index is 1.99. The van der Waals surface area contributed by atoms with Gasteiger partial charge in [-0.15, -0.1) is 0 Å². The van der Waals surface area contributed by atoms with E-state index in [1.807, 2.05) is 12.1 Å². The van der Waals surface area contributed by atoms with Crippen LogP contribution in [0.3, 0.4) is 0 Å². The first kappa shape index (κ1) is 25.8. The predicted octanol–water partition coefficient (Wildman–Crippen LogP) is 0.337. The summed E-state index contributed by atoms with van der Waals surface area (Å²) in [5.74, 6) is -2.99. The summed E-state index contributed by atoms with van der Waals surface area (Å²) in [7, 11) is 0. The van der Waals surface area contributed by atoms with Gasteiger partial charge in [-0.3, -0.25) is 39.1 Å². The molecule has 0 radical (unpaired) electrons. The SMILES string of the molecule is O=C(O)CN(CCN(CC(=O)O)Cc1ccccn1)CCN(CC(=O)O)Cc1ccccn1. The smallest absolute Gasteiger partial charge is 0.317 e. The first-order valence-electron chi connectivity index (χ1n) is 10.4. The molecule has 0 aliphatic carbocycles. The van der Waals surface area contributed by atoms with Crippen LogP contribution in [0.25, 0.3) is 0 Å². The molecular weight excluding hydrogens is 430 g/mol. The summed E-state index contributed by atoms with van der Waals surface area (Å²) < 4.78 is 0.